The summed E-state index contributed by atoms with van der Waals surface area (Å²) in [5, 5.41) is 9.24. The molecule has 0 fully saturated rings. The van der Waals surface area contributed by atoms with Crippen LogP contribution < -0.4 is 16.2 Å². The monoisotopic (exact) mass is 491 g/mol. The largest absolute Gasteiger partial charge is 0.337 e. The second-order valence-corrected chi connectivity index (χ2v) is 9.22. The van der Waals surface area contributed by atoms with Gasteiger partial charge < -0.3 is 9.88 Å². The van der Waals surface area contributed by atoms with E-state index >= 15 is 0 Å². The third-order valence-electron chi connectivity index (χ3n) is 4.97. The van der Waals surface area contributed by atoms with E-state index in [0.29, 0.717) is 22.4 Å². The molecule has 11 heteroatoms. The molecule has 0 saturated carbocycles. The SMILES string of the molecule is Cc1cc(C)cc(NNc2nc3c(Nc4ccc(Sc5nccn5C)c(Cl)c4)nccn3n2)c1. The number of rotatable bonds is 7. The van der Waals surface area contributed by atoms with Crippen LogP contribution in [0.3, 0.4) is 0 Å². The van der Waals surface area contributed by atoms with Crippen LogP contribution in [0.2, 0.25) is 5.02 Å². The summed E-state index contributed by atoms with van der Waals surface area (Å²) in [6.07, 6.45) is 7.07. The standard InChI is InChI=1S/C23H22ClN9S/c1-14-10-15(2)12-17(11-14)29-30-22-28-21-20(25-7-9-33(21)31-22)27-16-4-5-19(18(24)13-16)34-23-26-6-8-32(23)3/h4-13,29H,1-3H3,(H,25,27)(H,30,31). The average Bonchev–Trinajstić information content (AvgIpc) is 3.40. The van der Waals surface area contributed by atoms with Crippen LogP contribution in [0, 0.1) is 13.8 Å². The number of nitrogens with zero attached hydrogens (tertiary/aromatic N) is 6. The van der Waals surface area contributed by atoms with E-state index in [4.69, 9.17) is 11.6 Å². The van der Waals surface area contributed by atoms with Gasteiger partial charge in [-0.2, -0.15) is 4.98 Å². The summed E-state index contributed by atoms with van der Waals surface area (Å²) in [5.74, 6) is 0.991. The lowest BCUT2D eigenvalue weighted by atomic mass is 10.1. The number of hydrazine groups is 1. The summed E-state index contributed by atoms with van der Waals surface area (Å²) in [4.78, 5) is 14.3. The van der Waals surface area contributed by atoms with Crippen molar-refractivity contribution in [3.8, 4) is 0 Å². The number of anilines is 4. The number of hydrogen-bond donors (Lipinski definition) is 3. The van der Waals surface area contributed by atoms with E-state index in [1.165, 1.54) is 22.9 Å². The van der Waals surface area contributed by atoms with Gasteiger partial charge in [0, 0.05) is 42.4 Å². The van der Waals surface area contributed by atoms with Crippen molar-refractivity contribution in [1.29, 1.82) is 0 Å². The first kappa shape index (κ1) is 22.1. The molecule has 3 N–H and O–H groups in total. The number of hydrogen-bond acceptors (Lipinski definition) is 8. The van der Waals surface area contributed by atoms with Crippen LogP contribution in [0.4, 0.5) is 23.1 Å². The smallest absolute Gasteiger partial charge is 0.261 e. The first-order chi connectivity index (χ1) is 16.4. The maximum absolute atomic E-state index is 6.54. The Labute approximate surface area is 205 Å². The highest BCUT2D eigenvalue weighted by molar-refractivity contribution is 7.99. The molecule has 0 aliphatic heterocycles. The molecule has 0 spiro atoms. The maximum Gasteiger partial charge on any atom is 0.261 e. The molecule has 0 bridgehead atoms. The molecule has 5 rings (SSSR count). The van der Waals surface area contributed by atoms with Gasteiger partial charge in [-0.15, -0.1) is 5.10 Å². The second-order valence-electron chi connectivity index (χ2n) is 7.80. The third-order valence-corrected chi connectivity index (χ3v) is 6.54. The highest BCUT2D eigenvalue weighted by Crippen LogP contribution is 2.34. The van der Waals surface area contributed by atoms with Crippen molar-refractivity contribution in [3.63, 3.8) is 0 Å². The van der Waals surface area contributed by atoms with Crippen molar-refractivity contribution in [2.45, 2.75) is 23.9 Å². The highest BCUT2D eigenvalue weighted by atomic mass is 35.5. The van der Waals surface area contributed by atoms with Crippen LogP contribution >= 0.6 is 23.4 Å². The van der Waals surface area contributed by atoms with E-state index in [1.807, 2.05) is 48.1 Å². The van der Waals surface area contributed by atoms with E-state index < -0.39 is 0 Å². The van der Waals surface area contributed by atoms with Crippen LogP contribution in [-0.4, -0.2) is 29.1 Å². The number of halogens is 1. The molecule has 9 nitrogen and oxygen atoms in total. The van der Waals surface area contributed by atoms with Gasteiger partial charge >= 0.3 is 0 Å². The molecule has 0 radical (unpaired) electrons. The Bertz CT molecular complexity index is 1460. The number of fused-ring (bicyclic) bond motifs is 1. The normalized spacial score (nSPS) is 11.1. The Morgan fingerprint density at radius 1 is 0.912 bits per heavy atom. The van der Waals surface area contributed by atoms with Crippen molar-refractivity contribution in [1.82, 2.24) is 29.1 Å². The molecule has 0 amide bonds. The molecule has 3 heterocycles. The predicted molar refractivity (Wildman–Crippen MR) is 136 cm³/mol. The molecule has 0 unspecified atom stereocenters. The first-order valence-corrected chi connectivity index (χ1v) is 11.7. The summed E-state index contributed by atoms with van der Waals surface area (Å²) >= 11 is 8.05. The number of aromatic nitrogens is 6. The molecule has 0 saturated heterocycles. The van der Waals surface area contributed by atoms with Gasteiger partial charge in [0.05, 0.1) is 10.7 Å². The number of nitrogens with one attached hydrogen (secondary N) is 3. The molecule has 3 aromatic heterocycles. The van der Waals surface area contributed by atoms with E-state index in [9.17, 15) is 0 Å². The van der Waals surface area contributed by atoms with Crippen LogP contribution in [0.1, 0.15) is 11.1 Å². The van der Waals surface area contributed by atoms with Crippen LogP contribution in [0.25, 0.3) is 5.65 Å². The molecule has 0 aliphatic carbocycles. The van der Waals surface area contributed by atoms with Gasteiger partial charge in [-0.3, -0.25) is 10.9 Å². The van der Waals surface area contributed by atoms with Crippen molar-refractivity contribution >= 4 is 52.2 Å². The van der Waals surface area contributed by atoms with Crippen molar-refractivity contribution in [2.24, 2.45) is 7.05 Å². The molecular weight excluding hydrogens is 470 g/mol. The van der Waals surface area contributed by atoms with Crippen molar-refractivity contribution < 1.29 is 0 Å². The Morgan fingerprint density at radius 2 is 1.71 bits per heavy atom. The van der Waals surface area contributed by atoms with E-state index in [1.54, 1.807) is 23.1 Å². The zero-order valence-corrected chi connectivity index (χ0v) is 20.3. The van der Waals surface area contributed by atoms with Gasteiger partial charge in [0.2, 0.25) is 5.65 Å². The minimum atomic E-state index is 0.426. The van der Waals surface area contributed by atoms with E-state index in [2.05, 4.69) is 56.1 Å². The second kappa shape index (κ2) is 9.24. The molecular formula is C23H22ClN9S. The van der Waals surface area contributed by atoms with Gasteiger partial charge in [-0.25, -0.2) is 14.5 Å². The maximum atomic E-state index is 6.54. The minimum absolute atomic E-state index is 0.426. The van der Waals surface area contributed by atoms with E-state index in [0.717, 1.165) is 21.4 Å². The molecule has 34 heavy (non-hydrogen) atoms. The highest BCUT2D eigenvalue weighted by Gasteiger charge is 2.12. The zero-order valence-electron chi connectivity index (χ0n) is 18.7. The third kappa shape index (κ3) is 4.78. The molecule has 0 aliphatic rings. The van der Waals surface area contributed by atoms with Gasteiger partial charge in [0.15, 0.2) is 11.0 Å². The quantitative estimate of drug-likeness (QED) is 0.258. The number of aryl methyl sites for hydroxylation is 3. The fourth-order valence-electron chi connectivity index (χ4n) is 3.48. The van der Waals surface area contributed by atoms with Gasteiger partial charge in [-0.1, -0.05) is 29.4 Å². The minimum Gasteiger partial charge on any atom is -0.337 e. The molecule has 2 aromatic carbocycles. The average molecular weight is 492 g/mol. The molecule has 0 atom stereocenters. The summed E-state index contributed by atoms with van der Waals surface area (Å²) < 4.78 is 3.61. The van der Waals surface area contributed by atoms with Gasteiger partial charge in [0.25, 0.3) is 5.95 Å². The first-order valence-electron chi connectivity index (χ1n) is 10.5. The fourth-order valence-corrected chi connectivity index (χ4v) is 4.58. The summed E-state index contributed by atoms with van der Waals surface area (Å²) in [6.45, 7) is 4.11. The lowest BCUT2D eigenvalue weighted by Gasteiger charge is -2.09. The lowest BCUT2D eigenvalue weighted by Crippen LogP contribution is -2.10. The Morgan fingerprint density at radius 3 is 2.44 bits per heavy atom. The molecule has 5 aromatic rings. The van der Waals surface area contributed by atoms with Crippen LogP contribution in [-0.2, 0) is 7.05 Å². The van der Waals surface area contributed by atoms with Gasteiger partial charge in [-0.05, 0) is 55.3 Å². The van der Waals surface area contributed by atoms with Crippen molar-refractivity contribution in [3.05, 3.63) is 77.3 Å². The van der Waals surface area contributed by atoms with E-state index in [-0.39, 0.29) is 0 Å². The van der Waals surface area contributed by atoms with Crippen LogP contribution in [0.15, 0.2) is 71.2 Å². The number of benzene rings is 2. The predicted octanol–water partition coefficient (Wildman–Crippen LogP) is 5.46. The Kier molecular flexibility index (Phi) is 5.99. The Hall–Kier alpha value is -3.76. The summed E-state index contributed by atoms with van der Waals surface area (Å²) in [7, 11) is 1.95. The van der Waals surface area contributed by atoms with Gasteiger partial charge in [0.1, 0.15) is 0 Å². The summed E-state index contributed by atoms with van der Waals surface area (Å²) in [5.41, 5.74) is 10.9. The zero-order chi connectivity index (χ0) is 23.7. The van der Waals surface area contributed by atoms with Crippen molar-refractivity contribution in [2.75, 3.05) is 16.2 Å². The fraction of sp³-hybridized carbons (Fsp3) is 0.130. The Balaban J connectivity index is 1.33. The lowest BCUT2D eigenvalue weighted by molar-refractivity contribution is 0.790. The topological polar surface area (TPSA) is 97.0 Å². The summed E-state index contributed by atoms with van der Waals surface area (Å²) in [6, 6.07) is 12.0. The van der Waals surface area contributed by atoms with Crippen LogP contribution in [0.5, 0.6) is 0 Å². The number of imidazole rings is 1. The molecule has 172 valence electrons.